The largest absolute Gasteiger partial charge is 0.497 e. The molecule has 0 spiro atoms. The number of hydrogen-bond donors (Lipinski definition) is 1. The molecule has 134 valence electrons. The van der Waals surface area contributed by atoms with Crippen LogP contribution >= 0.6 is 0 Å². The van der Waals surface area contributed by atoms with Crippen molar-refractivity contribution >= 4 is 11.9 Å². The van der Waals surface area contributed by atoms with Crippen LogP contribution in [-0.2, 0) is 20.9 Å². The second-order valence-electron chi connectivity index (χ2n) is 6.30. The number of hydrogen-bond acceptors (Lipinski definition) is 5. The Hall–Kier alpha value is -2.08. The second-order valence-corrected chi connectivity index (χ2v) is 6.30. The predicted octanol–water partition coefficient (Wildman–Crippen LogP) is 1.83. The summed E-state index contributed by atoms with van der Waals surface area (Å²) in [5.41, 5.74) is 1.05. The molecule has 0 aromatic heterocycles. The maximum atomic E-state index is 12.2. The highest BCUT2D eigenvalue weighted by atomic mass is 16.5. The molecular formula is C18H28N2O4. The number of likely N-dealkylation sites (N-methyl/N-ethyl adjacent to an activating group) is 1. The van der Waals surface area contributed by atoms with Gasteiger partial charge in [0.1, 0.15) is 11.8 Å². The monoisotopic (exact) mass is 336 g/mol. The Morgan fingerprint density at radius 2 is 1.96 bits per heavy atom. The van der Waals surface area contributed by atoms with Gasteiger partial charge in [0.05, 0.1) is 20.8 Å². The normalized spacial score (nSPS) is 12.1. The Kier molecular flexibility index (Phi) is 8.26. The Morgan fingerprint density at radius 3 is 2.54 bits per heavy atom. The molecule has 1 atom stereocenters. The zero-order valence-electron chi connectivity index (χ0n) is 15.2. The molecule has 0 aliphatic carbocycles. The molecule has 6 heteroatoms. The lowest BCUT2D eigenvalue weighted by Crippen LogP contribution is -2.45. The number of amides is 1. The van der Waals surface area contributed by atoms with E-state index in [-0.39, 0.29) is 18.4 Å². The molecule has 0 aliphatic heterocycles. The first-order valence-corrected chi connectivity index (χ1v) is 8.04. The highest BCUT2D eigenvalue weighted by molar-refractivity contribution is 5.85. The molecule has 6 nitrogen and oxygen atoms in total. The molecule has 0 heterocycles. The Labute approximate surface area is 144 Å². The molecule has 1 N–H and O–H groups in total. The Balaban J connectivity index is 2.56. The van der Waals surface area contributed by atoms with Gasteiger partial charge in [-0.2, -0.15) is 0 Å². The van der Waals surface area contributed by atoms with Gasteiger partial charge in [-0.25, -0.2) is 4.79 Å². The first kappa shape index (κ1) is 20.0. The molecule has 0 radical (unpaired) electrons. The molecule has 0 saturated heterocycles. The highest BCUT2D eigenvalue weighted by Crippen LogP contribution is 2.13. The average molecular weight is 336 g/mol. The third-order valence-corrected chi connectivity index (χ3v) is 3.53. The van der Waals surface area contributed by atoms with Crippen molar-refractivity contribution in [1.29, 1.82) is 0 Å². The minimum absolute atomic E-state index is 0.197. The van der Waals surface area contributed by atoms with Gasteiger partial charge in [-0.3, -0.25) is 9.69 Å². The van der Waals surface area contributed by atoms with Crippen LogP contribution in [0.4, 0.5) is 0 Å². The Morgan fingerprint density at radius 1 is 1.25 bits per heavy atom. The minimum atomic E-state index is -0.604. The summed E-state index contributed by atoms with van der Waals surface area (Å²) < 4.78 is 9.96. The van der Waals surface area contributed by atoms with Crippen LogP contribution in [0, 0.1) is 5.92 Å². The zero-order chi connectivity index (χ0) is 18.1. The van der Waals surface area contributed by atoms with Gasteiger partial charge < -0.3 is 14.8 Å². The number of carbonyl (C=O) groups excluding carboxylic acids is 2. The van der Waals surface area contributed by atoms with E-state index in [1.54, 1.807) is 7.11 Å². The van der Waals surface area contributed by atoms with Crippen LogP contribution in [0.2, 0.25) is 0 Å². The smallest absolute Gasteiger partial charge is 0.328 e. The molecular weight excluding hydrogens is 308 g/mol. The fraction of sp³-hybridized carbons (Fsp3) is 0.556. The van der Waals surface area contributed by atoms with Gasteiger partial charge in [0, 0.05) is 6.54 Å². The van der Waals surface area contributed by atoms with Crippen molar-refractivity contribution in [2.45, 2.75) is 32.9 Å². The number of benzene rings is 1. The summed E-state index contributed by atoms with van der Waals surface area (Å²) in [5.74, 6) is 0.459. The molecule has 0 fully saturated rings. The number of carbonyl (C=O) groups is 2. The summed E-state index contributed by atoms with van der Waals surface area (Å²) in [6.07, 6.45) is 0.554. The number of esters is 1. The summed E-state index contributed by atoms with van der Waals surface area (Å²) >= 11 is 0. The lowest BCUT2D eigenvalue weighted by Gasteiger charge is -2.21. The molecule has 1 unspecified atom stereocenters. The molecule has 0 aliphatic rings. The van der Waals surface area contributed by atoms with Gasteiger partial charge in [0.2, 0.25) is 5.91 Å². The SMILES string of the molecule is COC(=O)C(CC(C)C)NC(=O)CN(C)Cc1cccc(OC)c1. The zero-order valence-corrected chi connectivity index (χ0v) is 15.2. The predicted molar refractivity (Wildman–Crippen MR) is 92.7 cm³/mol. The van der Waals surface area contributed by atoms with E-state index in [9.17, 15) is 9.59 Å². The lowest BCUT2D eigenvalue weighted by atomic mass is 10.0. The van der Waals surface area contributed by atoms with E-state index in [2.05, 4.69) is 5.32 Å². The molecule has 0 bridgehead atoms. The number of ether oxygens (including phenoxy) is 2. The van der Waals surface area contributed by atoms with Crippen molar-refractivity contribution in [1.82, 2.24) is 10.2 Å². The van der Waals surface area contributed by atoms with E-state index in [4.69, 9.17) is 9.47 Å². The fourth-order valence-corrected chi connectivity index (χ4v) is 2.45. The van der Waals surface area contributed by atoms with Crippen LogP contribution in [0.3, 0.4) is 0 Å². The van der Waals surface area contributed by atoms with Crippen molar-refractivity contribution in [2.24, 2.45) is 5.92 Å². The van der Waals surface area contributed by atoms with Crippen LogP contribution in [0.5, 0.6) is 5.75 Å². The third kappa shape index (κ3) is 7.00. The summed E-state index contributed by atoms with van der Waals surface area (Å²) in [7, 11) is 4.81. The van der Waals surface area contributed by atoms with E-state index in [0.29, 0.717) is 13.0 Å². The summed E-state index contributed by atoms with van der Waals surface area (Å²) in [5, 5.41) is 2.76. The van der Waals surface area contributed by atoms with E-state index in [1.165, 1.54) is 7.11 Å². The third-order valence-electron chi connectivity index (χ3n) is 3.53. The second kappa shape index (κ2) is 9.93. The van der Waals surface area contributed by atoms with Gasteiger partial charge in [-0.05, 0) is 37.1 Å². The van der Waals surface area contributed by atoms with Crippen LogP contribution in [0.1, 0.15) is 25.8 Å². The number of nitrogens with zero attached hydrogens (tertiary/aromatic N) is 1. The standard InChI is InChI=1S/C18H28N2O4/c1-13(2)9-16(18(22)24-5)19-17(21)12-20(3)11-14-7-6-8-15(10-14)23-4/h6-8,10,13,16H,9,11-12H2,1-5H3,(H,19,21). The quantitative estimate of drug-likeness (QED) is 0.697. The van der Waals surface area contributed by atoms with E-state index in [0.717, 1.165) is 11.3 Å². The van der Waals surface area contributed by atoms with Crippen molar-refractivity contribution in [3.05, 3.63) is 29.8 Å². The lowest BCUT2D eigenvalue weighted by molar-refractivity contribution is -0.145. The van der Waals surface area contributed by atoms with Gasteiger partial charge in [0.25, 0.3) is 0 Å². The van der Waals surface area contributed by atoms with Gasteiger partial charge in [0.15, 0.2) is 0 Å². The van der Waals surface area contributed by atoms with Crippen LogP contribution in [0.25, 0.3) is 0 Å². The van der Waals surface area contributed by atoms with Crippen molar-refractivity contribution in [3.8, 4) is 5.75 Å². The van der Waals surface area contributed by atoms with Crippen LogP contribution < -0.4 is 10.1 Å². The molecule has 0 saturated carbocycles. The minimum Gasteiger partial charge on any atom is -0.497 e. The molecule has 1 aromatic carbocycles. The number of rotatable bonds is 9. The molecule has 1 rings (SSSR count). The van der Waals surface area contributed by atoms with E-state index < -0.39 is 12.0 Å². The molecule has 24 heavy (non-hydrogen) atoms. The van der Waals surface area contributed by atoms with Gasteiger partial charge >= 0.3 is 5.97 Å². The van der Waals surface area contributed by atoms with Crippen LogP contribution in [0.15, 0.2) is 24.3 Å². The number of methoxy groups -OCH3 is 2. The average Bonchev–Trinajstić information content (AvgIpc) is 2.52. The first-order valence-electron chi connectivity index (χ1n) is 8.04. The maximum Gasteiger partial charge on any atom is 0.328 e. The van der Waals surface area contributed by atoms with Crippen molar-refractivity contribution in [3.63, 3.8) is 0 Å². The van der Waals surface area contributed by atoms with Gasteiger partial charge in [-0.15, -0.1) is 0 Å². The van der Waals surface area contributed by atoms with Gasteiger partial charge in [-0.1, -0.05) is 26.0 Å². The van der Waals surface area contributed by atoms with E-state index >= 15 is 0 Å². The topological polar surface area (TPSA) is 67.9 Å². The summed E-state index contributed by atoms with van der Waals surface area (Å²) in [6.45, 7) is 4.80. The van der Waals surface area contributed by atoms with Crippen molar-refractivity contribution < 1.29 is 19.1 Å². The summed E-state index contributed by atoms with van der Waals surface area (Å²) in [6, 6.07) is 7.10. The molecule has 1 aromatic rings. The van der Waals surface area contributed by atoms with Crippen molar-refractivity contribution in [2.75, 3.05) is 27.8 Å². The fourth-order valence-electron chi connectivity index (χ4n) is 2.45. The van der Waals surface area contributed by atoms with E-state index in [1.807, 2.05) is 50.1 Å². The highest BCUT2D eigenvalue weighted by Gasteiger charge is 2.22. The Bertz CT molecular complexity index is 546. The number of nitrogens with one attached hydrogen (secondary N) is 1. The summed E-state index contributed by atoms with van der Waals surface area (Å²) in [4.78, 5) is 25.8. The first-order chi connectivity index (χ1) is 11.3. The van der Waals surface area contributed by atoms with Crippen LogP contribution in [-0.4, -0.2) is 50.6 Å². The molecule has 1 amide bonds. The maximum absolute atomic E-state index is 12.2.